The van der Waals surface area contributed by atoms with Crippen molar-refractivity contribution in [2.24, 2.45) is 5.92 Å². The highest BCUT2D eigenvalue weighted by atomic mass is 16.6. The number of hydrogen-bond donors (Lipinski definition) is 2. The molecule has 1 aromatic rings. The van der Waals surface area contributed by atoms with Gasteiger partial charge in [-0.25, -0.2) is 9.59 Å². The number of allylic oxidation sites excluding steroid dienone is 2. The summed E-state index contributed by atoms with van der Waals surface area (Å²) in [6, 6.07) is 4.56. The van der Waals surface area contributed by atoms with Crippen molar-refractivity contribution >= 4 is 29.6 Å². The number of aliphatic carboxylic acids is 1. The lowest BCUT2D eigenvalue weighted by Crippen LogP contribution is -2.69. The SMILES string of the molecule is O=C(O)C1=C(/C=C2\CCN(Cc3ccc([N+](=O)[O-])cc3)C2=O)C[C@@H]2CN(C(=O)O)[C@@H]3C(=O)N1[C@H]23. The van der Waals surface area contributed by atoms with Crippen LogP contribution in [-0.4, -0.2) is 78.9 Å². The molecule has 4 heterocycles. The molecule has 0 radical (unpaired) electrons. The van der Waals surface area contributed by atoms with Gasteiger partial charge in [-0.05, 0) is 30.1 Å². The number of benzene rings is 1. The molecule has 1 aromatic carbocycles. The van der Waals surface area contributed by atoms with Crippen molar-refractivity contribution in [3.63, 3.8) is 0 Å². The quantitative estimate of drug-likeness (QED) is 0.282. The highest BCUT2D eigenvalue weighted by Crippen LogP contribution is 2.47. The average Bonchev–Trinajstić information content (AvgIpc) is 3.32. The maximum atomic E-state index is 13.0. The van der Waals surface area contributed by atoms with E-state index in [0.29, 0.717) is 24.1 Å². The van der Waals surface area contributed by atoms with Gasteiger partial charge >= 0.3 is 12.1 Å². The molecule has 3 saturated heterocycles. The highest BCUT2D eigenvalue weighted by Gasteiger charge is 2.64. The maximum Gasteiger partial charge on any atom is 0.408 e. The van der Waals surface area contributed by atoms with Crippen molar-refractivity contribution in [1.82, 2.24) is 14.7 Å². The van der Waals surface area contributed by atoms with E-state index in [9.17, 15) is 39.5 Å². The number of hydrogen-bond acceptors (Lipinski definition) is 6. The number of carbonyl (C=O) groups excluding carboxylic acids is 2. The molecule has 0 aromatic heterocycles. The van der Waals surface area contributed by atoms with Gasteiger partial charge in [0.05, 0.1) is 11.0 Å². The molecule has 34 heavy (non-hydrogen) atoms. The van der Waals surface area contributed by atoms with Crippen molar-refractivity contribution in [3.8, 4) is 0 Å². The third-order valence-electron chi connectivity index (χ3n) is 6.92. The second-order valence-corrected chi connectivity index (χ2v) is 8.79. The Morgan fingerprint density at radius 2 is 1.88 bits per heavy atom. The Labute approximate surface area is 192 Å². The highest BCUT2D eigenvalue weighted by molar-refractivity contribution is 6.03. The van der Waals surface area contributed by atoms with Crippen molar-refractivity contribution < 1.29 is 34.3 Å². The first-order valence-electron chi connectivity index (χ1n) is 10.7. The van der Waals surface area contributed by atoms with E-state index in [2.05, 4.69) is 0 Å². The summed E-state index contributed by atoms with van der Waals surface area (Å²) in [4.78, 5) is 63.3. The topological polar surface area (TPSA) is 162 Å². The van der Waals surface area contributed by atoms with Crippen molar-refractivity contribution in [2.75, 3.05) is 13.1 Å². The Kier molecular flexibility index (Phi) is 4.88. The lowest BCUT2D eigenvalue weighted by atomic mass is 9.79. The van der Waals surface area contributed by atoms with Gasteiger partial charge in [-0.3, -0.25) is 29.5 Å². The Balaban J connectivity index is 1.38. The maximum absolute atomic E-state index is 13.0. The zero-order valence-electron chi connectivity index (χ0n) is 17.8. The van der Waals surface area contributed by atoms with E-state index in [1.165, 1.54) is 23.1 Å². The van der Waals surface area contributed by atoms with Crippen LogP contribution in [0, 0.1) is 16.0 Å². The van der Waals surface area contributed by atoms with Gasteiger partial charge in [-0.2, -0.15) is 0 Å². The summed E-state index contributed by atoms with van der Waals surface area (Å²) in [6.07, 6.45) is 0.961. The van der Waals surface area contributed by atoms with E-state index >= 15 is 0 Å². The molecule has 0 spiro atoms. The average molecular weight is 468 g/mol. The summed E-state index contributed by atoms with van der Waals surface area (Å²) >= 11 is 0. The molecule has 12 nitrogen and oxygen atoms in total. The summed E-state index contributed by atoms with van der Waals surface area (Å²) in [5.41, 5.74) is 1.24. The van der Waals surface area contributed by atoms with Crippen LogP contribution in [0.15, 0.2) is 47.2 Å². The number of carboxylic acid groups (broad SMARTS) is 2. The van der Waals surface area contributed by atoms with Crippen LogP contribution < -0.4 is 0 Å². The second-order valence-electron chi connectivity index (χ2n) is 8.79. The molecule has 0 aliphatic carbocycles. The normalized spacial score (nSPS) is 26.8. The lowest BCUT2D eigenvalue weighted by molar-refractivity contribution is -0.384. The molecule has 4 aliphatic heterocycles. The Morgan fingerprint density at radius 3 is 2.50 bits per heavy atom. The first-order valence-corrected chi connectivity index (χ1v) is 10.7. The van der Waals surface area contributed by atoms with Gasteiger partial charge in [-0.1, -0.05) is 12.1 Å². The number of β-lactam (4-membered cyclic amide) rings is 1. The van der Waals surface area contributed by atoms with Crippen LogP contribution in [0.4, 0.5) is 10.5 Å². The molecular formula is C22H20N4O8. The molecule has 0 unspecified atom stereocenters. The van der Waals surface area contributed by atoms with Crippen molar-refractivity contribution in [2.45, 2.75) is 31.5 Å². The summed E-state index contributed by atoms with van der Waals surface area (Å²) in [6.45, 7) is 0.789. The van der Waals surface area contributed by atoms with Gasteiger partial charge in [-0.15, -0.1) is 0 Å². The minimum absolute atomic E-state index is 0.0445. The Bertz CT molecular complexity index is 1200. The van der Waals surface area contributed by atoms with Crippen LogP contribution >= 0.6 is 0 Å². The van der Waals surface area contributed by atoms with Crippen LogP contribution in [-0.2, 0) is 20.9 Å². The summed E-state index contributed by atoms with van der Waals surface area (Å²) < 4.78 is 0. The zero-order valence-corrected chi connectivity index (χ0v) is 17.8. The third-order valence-corrected chi connectivity index (χ3v) is 6.92. The molecule has 0 bridgehead atoms. The standard InChI is InChI=1S/C22H20N4O8/c27-19-12(5-6-23(19)9-11-1-3-15(4-2-11)26(33)34)7-13-8-14-10-24(22(31)32)18-16(14)25(20(18)28)17(13)21(29)30/h1-4,7,14,16,18H,5-6,8-10H2,(H,29,30)(H,31,32)/b12-7+/t14-,16-,18+/m1/s1. The Morgan fingerprint density at radius 1 is 1.18 bits per heavy atom. The van der Waals surface area contributed by atoms with E-state index in [4.69, 9.17) is 0 Å². The molecule has 0 saturated carbocycles. The molecule has 176 valence electrons. The Hall–Kier alpha value is -4.22. The predicted molar refractivity (Wildman–Crippen MR) is 113 cm³/mol. The summed E-state index contributed by atoms with van der Waals surface area (Å²) in [5, 5.41) is 30.0. The van der Waals surface area contributed by atoms with Crippen LogP contribution in [0.1, 0.15) is 18.4 Å². The van der Waals surface area contributed by atoms with Crippen LogP contribution in [0.25, 0.3) is 0 Å². The molecule has 3 fully saturated rings. The number of nitrogens with zero attached hydrogens (tertiary/aromatic N) is 4. The molecular weight excluding hydrogens is 448 g/mol. The second kappa shape index (κ2) is 7.68. The number of amides is 3. The van der Waals surface area contributed by atoms with Crippen molar-refractivity contribution in [1.29, 1.82) is 0 Å². The smallest absolute Gasteiger partial charge is 0.408 e. The summed E-state index contributed by atoms with van der Waals surface area (Å²) in [7, 11) is 0. The van der Waals surface area contributed by atoms with E-state index < -0.39 is 35.0 Å². The molecule has 2 N–H and O–H groups in total. The fourth-order valence-corrected chi connectivity index (χ4v) is 5.40. The third kappa shape index (κ3) is 3.21. The first-order chi connectivity index (χ1) is 16.2. The van der Waals surface area contributed by atoms with Gasteiger partial charge in [0.15, 0.2) is 0 Å². The van der Waals surface area contributed by atoms with Gasteiger partial charge in [0.1, 0.15) is 11.7 Å². The predicted octanol–water partition coefficient (Wildman–Crippen LogP) is 1.19. The van der Waals surface area contributed by atoms with Gasteiger partial charge in [0.25, 0.3) is 11.6 Å². The van der Waals surface area contributed by atoms with Crippen LogP contribution in [0.2, 0.25) is 0 Å². The molecule has 3 atom stereocenters. The number of carboxylic acids is 1. The number of likely N-dealkylation sites (tertiary alicyclic amines) is 2. The van der Waals surface area contributed by atoms with E-state index in [1.807, 2.05) is 0 Å². The van der Waals surface area contributed by atoms with Crippen molar-refractivity contribution in [3.05, 3.63) is 62.9 Å². The summed E-state index contributed by atoms with van der Waals surface area (Å²) in [5.74, 6) is -2.36. The monoisotopic (exact) mass is 468 g/mol. The number of nitro benzene ring substituents is 1. The van der Waals surface area contributed by atoms with E-state index in [0.717, 1.165) is 10.5 Å². The largest absolute Gasteiger partial charge is 0.477 e. The number of rotatable bonds is 5. The van der Waals surface area contributed by atoms with E-state index in [-0.39, 0.29) is 42.7 Å². The number of carbonyl (C=O) groups is 4. The first kappa shape index (κ1) is 21.6. The minimum Gasteiger partial charge on any atom is -0.477 e. The molecule has 4 aliphatic rings. The van der Waals surface area contributed by atoms with Crippen LogP contribution in [0.5, 0.6) is 0 Å². The fourth-order valence-electron chi connectivity index (χ4n) is 5.40. The van der Waals surface area contributed by atoms with Gasteiger partial charge < -0.3 is 15.1 Å². The zero-order chi connectivity index (χ0) is 24.3. The fraction of sp³-hybridized carbons (Fsp3) is 0.364. The molecule has 12 heteroatoms. The lowest BCUT2D eigenvalue weighted by Gasteiger charge is -2.49. The van der Waals surface area contributed by atoms with E-state index in [1.54, 1.807) is 17.0 Å². The number of nitro groups is 1. The number of non-ortho nitro benzene ring substituents is 1. The van der Waals surface area contributed by atoms with Crippen LogP contribution in [0.3, 0.4) is 0 Å². The molecule has 5 rings (SSSR count). The minimum atomic E-state index is -1.29. The van der Waals surface area contributed by atoms with Gasteiger partial charge in [0.2, 0.25) is 5.91 Å². The molecule has 3 amide bonds. The van der Waals surface area contributed by atoms with Gasteiger partial charge in [0, 0.05) is 43.3 Å².